The smallest absolute Gasteiger partial charge is 0.200 e. The summed E-state index contributed by atoms with van der Waals surface area (Å²) in [5.41, 5.74) is 0.245. The van der Waals surface area contributed by atoms with Crippen molar-refractivity contribution in [1.82, 2.24) is 0 Å². The lowest BCUT2D eigenvalue weighted by Crippen LogP contribution is -1.99. The largest absolute Gasteiger partial charge is 0.504 e. The third-order valence-corrected chi connectivity index (χ3v) is 4.40. The normalized spacial score (nSPS) is 10.9. The molecule has 0 aromatic heterocycles. The fraction of sp³-hybridized carbons (Fsp3) is 0.650. The first-order valence-electron chi connectivity index (χ1n) is 9.34. The van der Waals surface area contributed by atoms with E-state index in [1.165, 1.54) is 63.5 Å². The monoisotopic (exact) mass is 336 g/mol. The summed E-state index contributed by atoms with van der Waals surface area (Å²) < 4.78 is 0. The van der Waals surface area contributed by atoms with E-state index in [9.17, 15) is 20.1 Å². The van der Waals surface area contributed by atoms with Crippen LogP contribution in [0.15, 0.2) is 12.1 Å². The third kappa shape index (κ3) is 7.71. The maximum atomic E-state index is 12.0. The van der Waals surface area contributed by atoms with Crippen molar-refractivity contribution in [2.45, 2.75) is 84.0 Å². The molecule has 0 fully saturated rings. The maximum absolute atomic E-state index is 12.0. The van der Waals surface area contributed by atoms with Crippen LogP contribution in [-0.2, 0) is 0 Å². The first-order valence-corrected chi connectivity index (χ1v) is 9.34. The Morgan fingerprint density at radius 1 is 0.750 bits per heavy atom. The summed E-state index contributed by atoms with van der Waals surface area (Å²) in [7, 11) is 0. The van der Waals surface area contributed by atoms with E-state index in [4.69, 9.17) is 0 Å². The van der Waals surface area contributed by atoms with E-state index < -0.39 is 17.2 Å². The van der Waals surface area contributed by atoms with Crippen molar-refractivity contribution in [3.8, 4) is 17.2 Å². The summed E-state index contributed by atoms with van der Waals surface area (Å²) >= 11 is 0. The number of rotatable bonds is 13. The summed E-state index contributed by atoms with van der Waals surface area (Å²) in [6, 6.07) is 2.41. The van der Waals surface area contributed by atoms with Crippen LogP contribution >= 0.6 is 0 Å². The number of carbonyl (C=O) groups excluding carboxylic acids is 1. The Hall–Kier alpha value is -1.71. The Morgan fingerprint density at radius 2 is 1.17 bits per heavy atom. The second kappa shape index (κ2) is 11.8. The summed E-state index contributed by atoms with van der Waals surface area (Å²) in [5.74, 6) is -1.62. The summed E-state index contributed by atoms with van der Waals surface area (Å²) in [6.07, 6.45) is 13.9. The molecular weight excluding hydrogens is 304 g/mol. The van der Waals surface area contributed by atoms with Gasteiger partial charge in [-0.2, -0.15) is 0 Å². The number of ketones is 1. The fourth-order valence-electron chi connectivity index (χ4n) is 2.86. The lowest BCUT2D eigenvalue weighted by atomic mass is 10.0. The van der Waals surface area contributed by atoms with Crippen LogP contribution in [0.3, 0.4) is 0 Å². The van der Waals surface area contributed by atoms with Crippen LogP contribution in [0.2, 0.25) is 0 Å². The van der Waals surface area contributed by atoms with Gasteiger partial charge in [-0.1, -0.05) is 71.1 Å². The molecule has 0 bridgehead atoms. The Morgan fingerprint density at radius 3 is 1.62 bits per heavy atom. The summed E-state index contributed by atoms with van der Waals surface area (Å²) in [6.45, 7) is 2.23. The second-order valence-corrected chi connectivity index (χ2v) is 6.57. The standard InChI is InChI=1S/C20H32O4/c1-2-3-4-5-6-7-8-9-10-11-12-13-17(21)16-14-18(22)20(24)19(23)15-16/h14-15,22-24H,2-13H2,1H3. The Kier molecular flexibility index (Phi) is 9.97. The van der Waals surface area contributed by atoms with E-state index in [1.54, 1.807) is 0 Å². The van der Waals surface area contributed by atoms with Crippen molar-refractivity contribution in [3.63, 3.8) is 0 Å². The van der Waals surface area contributed by atoms with Crippen LogP contribution in [0.1, 0.15) is 94.3 Å². The molecule has 0 amide bonds. The number of benzene rings is 1. The quantitative estimate of drug-likeness (QED) is 0.246. The van der Waals surface area contributed by atoms with Gasteiger partial charge in [0.25, 0.3) is 0 Å². The molecule has 0 unspecified atom stereocenters. The first-order chi connectivity index (χ1) is 11.6. The van der Waals surface area contributed by atoms with Gasteiger partial charge in [-0.15, -0.1) is 0 Å². The lowest BCUT2D eigenvalue weighted by Gasteiger charge is -2.06. The summed E-state index contributed by atoms with van der Waals surface area (Å²) in [4.78, 5) is 12.0. The van der Waals surface area contributed by atoms with Gasteiger partial charge >= 0.3 is 0 Å². The van der Waals surface area contributed by atoms with Gasteiger partial charge in [0.15, 0.2) is 23.0 Å². The van der Waals surface area contributed by atoms with Gasteiger partial charge in [0.1, 0.15) is 0 Å². The number of phenols is 3. The predicted molar refractivity (Wildman–Crippen MR) is 96.8 cm³/mol. The molecule has 0 aliphatic heterocycles. The molecule has 4 heteroatoms. The minimum Gasteiger partial charge on any atom is -0.504 e. The lowest BCUT2D eigenvalue weighted by molar-refractivity contribution is 0.0978. The number of hydrogen-bond acceptors (Lipinski definition) is 4. The zero-order valence-corrected chi connectivity index (χ0v) is 14.9. The van der Waals surface area contributed by atoms with Crippen molar-refractivity contribution < 1.29 is 20.1 Å². The molecule has 3 N–H and O–H groups in total. The Bertz CT molecular complexity index is 473. The number of aromatic hydroxyl groups is 3. The molecule has 0 radical (unpaired) electrons. The summed E-state index contributed by atoms with van der Waals surface area (Å²) in [5, 5.41) is 28.1. The molecule has 24 heavy (non-hydrogen) atoms. The molecule has 0 atom stereocenters. The molecular formula is C20H32O4. The van der Waals surface area contributed by atoms with Crippen molar-refractivity contribution >= 4 is 5.78 Å². The highest BCUT2D eigenvalue weighted by Crippen LogP contribution is 2.35. The Labute approximate surface area is 145 Å². The van der Waals surface area contributed by atoms with E-state index in [0.717, 1.165) is 19.3 Å². The minimum absolute atomic E-state index is 0.114. The minimum atomic E-state index is -0.582. The number of Topliss-reactive ketones (excluding diaryl/α,β-unsaturated/α-hetero) is 1. The van der Waals surface area contributed by atoms with Crippen LogP contribution < -0.4 is 0 Å². The number of hydrogen-bond donors (Lipinski definition) is 3. The molecule has 0 aliphatic rings. The molecule has 0 saturated carbocycles. The van der Waals surface area contributed by atoms with E-state index in [2.05, 4.69) is 6.92 Å². The van der Waals surface area contributed by atoms with Crippen molar-refractivity contribution in [3.05, 3.63) is 17.7 Å². The van der Waals surface area contributed by atoms with Crippen LogP contribution in [0.5, 0.6) is 17.2 Å². The topological polar surface area (TPSA) is 77.8 Å². The van der Waals surface area contributed by atoms with Gasteiger partial charge in [0, 0.05) is 12.0 Å². The Balaban J connectivity index is 2.08. The van der Waals surface area contributed by atoms with Crippen LogP contribution in [0.4, 0.5) is 0 Å². The highest BCUT2D eigenvalue weighted by Gasteiger charge is 2.13. The van der Waals surface area contributed by atoms with Crippen molar-refractivity contribution in [1.29, 1.82) is 0 Å². The van der Waals surface area contributed by atoms with Gasteiger partial charge in [0.2, 0.25) is 0 Å². The van der Waals surface area contributed by atoms with E-state index >= 15 is 0 Å². The first kappa shape index (κ1) is 20.3. The third-order valence-electron chi connectivity index (χ3n) is 4.40. The van der Waals surface area contributed by atoms with Crippen LogP contribution in [0.25, 0.3) is 0 Å². The van der Waals surface area contributed by atoms with Crippen molar-refractivity contribution in [2.75, 3.05) is 0 Å². The predicted octanol–water partition coefficient (Wildman–Crippen LogP) is 5.69. The van der Waals surface area contributed by atoms with Crippen LogP contribution in [-0.4, -0.2) is 21.1 Å². The van der Waals surface area contributed by atoms with Gasteiger partial charge in [-0.05, 0) is 18.6 Å². The number of phenolic OH excluding ortho intramolecular Hbond substituents is 3. The number of carbonyl (C=O) groups is 1. The molecule has 4 nitrogen and oxygen atoms in total. The highest BCUT2D eigenvalue weighted by atomic mass is 16.3. The van der Waals surface area contributed by atoms with E-state index in [0.29, 0.717) is 6.42 Å². The van der Waals surface area contributed by atoms with E-state index in [1.807, 2.05) is 0 Å². The van der Waals surface area contributed by atoms with Gasteiger partial charge in [-0.3, -0.25) is 4.79 Å². The molecule has 0 heterocycles. The van der Waals surface area contributed by atoms with Crippen molar-refractivity contribution in [2.24, 2.45) is 0 Å². The van der Waals surface area contributed by atoms with Gasteiger partial charge < -0.3 is 15.3 Å². The molecule has 1 aromatic carbocycles. The maximum Gasteiger partial charge on any atom is 0.200 e. The SMILES string of the molecule is CCCCCCCCCCCCCC(=O)c1cc(O)c(O)c(O)c1. The number of unbranched alkanes of at least 4 members (excludes halogenated alkanes) is 10. The van der Waals surface area contributed by atoms with Gasteiger partial charge in [0.05, 0.1) is 0 Å². The zero-order chi connectivity index (χ0) is 17.8. The fourth-order valence-corrected chi connectivity index (χ4v) is 2.86. The average Bonchev–Trinajstić information content (AvgIpc) is 2.56. The molecule has 0 spiro atoms. The molecule has 1 aromatic rings. The zero-order valence-electron chi connectivity index (χ0n) is 14.9. The molecule has 0 saturated heterocycles. The van der Waals surface area contributed by atoms with Gasteiger partial charge in [-0.25, -0.2) is 0 Å². The highest BCUT2D eigenvalue weighted by molar-refractivity contribution is 5.97. The van der Waals surface area contributed by atoms with Crippen LogP contribution in [0, 0.1) is 0 Å². The second-order valence-electron chi connectivity index (χ2n) is 6.57. The van der Waals surface area contributed by atoms with E-state index in [-0.39, 0.29) is 11.3 Å². The molecule has 1 rings (SSSR count). The molecule has 0 aliphatic carbocycles. The average molecular weight is 336 g/mol. The molecule has 136 valence electrons.